The van der Waals surface area contributed by atoms with Gasteiger partial charge in [-0.1, -0.05) is 23.2 Å². The molecule has 0 saturated heterocycles. The Morgan fingerprint density at radius 2 is 1.76 bits per heavy atom. The first-order chi connectivity index (χ1) is 17.5. The molecule has 19 heteroatoms. The molecule has 1 aromatic heterocycles. The van der Waals surface area contributed by atoms with Gasteiger partial charge in [0.1, 0.15) is 12.3 Å². The molecule has 2 aromatic rings. The monoisotopic (exact) mass is 602 g/mol. The molecule has 0 aliphatic heterocycles. The van der Waals surface area contributed by atoms with Gasteiger partial charge in [-0.15, -0.1) is 4.73 Å². The summed E-state index contributed by atoms with van der Waals surface area (Å²) in [6.45, 7) is 0.823. The number of halogens is 5. The predicted molar refractivity (Wildman–Crippen MR) is 129 cm³/mol. The van der Waals surface area contributed by atoms with Crippen LogP contribution in [0, 0.1) is 0 Å². The van der Waals surface area contributed by atoms with E-state index in [1.807, 2.05) is 4.72 Å². The molecule has 0 radical (unpaired) electrons. The molecule has 0 fully saturated rings. The molecule has 0 aliphatic carbocycles. The Labute approximate surface area is 222 Å². The Bertz CT molecular complexity index is 1390. The molecule has 0 aliphatic rings. The van der Waals surface area contributed by atoms with Gasteiger partial charge < -0.3 is 26.5 Å². The second-order valence-electron chi connectivity index (χ2n) is 7.22. The molecular weight excluding hydrogens is 584 g/mol. The SMILES string of the molecule is CC(C(=O)NCCON=C(N)N)c1ccc(NS(=O)(=O)c2cc(Cl)cc(Cl)c2)c(=O)n1OC(=O)C(F)(F)F. The smallest absolute Gasteiger partial charge is 0.391 e. The fourth-order valence-electron chi connectivity index (χ4n) is 2.68. The second-order valence-corrected chi connectivity index (χ2v) is 9.78. The number of nitrogens with two attached hydrogens (primary N) is 2. The molecule has 208 valence electrons. The van der Waals surface area contributed by atoms with Crippen molar-refractivity contribution in [1.29, 1.82) is 0 Å². The molecule has 13 nitrogen and oxygen atoms in total. The van der Waals surface area contributed by atoms with E-state index in [0.29, 0.717) is 0 Å². The standard InChI is InChI=1S/C19H19Cl2F3N6O7S/c1-9(15(31)27-4-5-36-28-18(25)26)14-3-2-13(16(32)30(14)37-17(33)19(22,23)24)29-38(34,35)12-7-10(20)6-11(21)8-12/h2-3,6-9,29H,4-5H2,1H3,(H,27,31)(H4,25,26,28). The van der Waals surface area contributed by atoms with Crippen LogP contribution >= 0.6 is 23.2 Å². The van der Waals surface area contributed by atoms with Crippen molar-refractivity contribution in [1.82, 2.24) is 10.0 Å². The zero-order valence-corrected chi connectivity index (χ0v) is 21.4. The number of pyridine rings is 1. The van der Waals surface area contributed by atoms with Crippen molar-refractivity contribution in [3.63, 3.8) is 0 Å². The largest absolute Gasteiger partial charge is 0.493 e. The summed E-state index contributed by atoms with van der Waals surface area (Å²) in [7, 11) is -4.54. The number of sulfonamides is 1. The number of amides is 1. The van der Waals surface area contributed by atoms with E-state index in [1.54, 1.807) is 0 Å². The molecule has 2 rings (SSSR count). The lowest BCUT2D eigenvalue weighted by molar-refractivity contribution is -0.200. The van der Waals surface area contributed by atoms with Gasteiger partial charge in [0.2, 0.25) is 11.9 Å². The predicted octanol–water partition coefficient (Wildman–Crippen LogP) is 0.898. The maximum atomic E-state index is 12.9. The Hall–Kier alpha value is -3.70. The highest BCUT2D eigenvalue weighted by Gasteiger charge is 2.43. The number of hydrogen-bond donors (Lipinski definition) is 4. The molecular formula is C19H19Cl2F3N6O7S. The summed E-state index contributed by atoms with van der Waals surface area (Å²) < 4.78 is 65.8. The average Bonchev–Trinajstić information content (AvgIpc) is 2.79. The van der Waals surface area contributed by atoms with Crippen molar-refractivity contribution in [2.24, 2.45) is 16.6 Å². The number of anilines is 1. The van der Waals surface area contributed by atoms with E-state index < -0.39 is 55.8 Å². The molecule has 1 aromatic carbocycles. The number of benzene rings is 1. The topological polar surface area (TPSA) is 197 Å². The average molecular weight is 603 g/mol. The van der Waals surface area contributed by atoms with Crippen LogP contribution in [0.3, 0.4) is 0 Å². The zero-order valence-electron chi connectivity index (χ0n) is 19.1. The summed E-state index contributed by atoms with van der Waals surface area (Å²) in [5.74, 6) is -5.41. The zero-order chi connectivity index (χ0) is 28.8. The minimum atomic E-state index is -5.53. The lowest BCUT2D eigenvalue weighted by atomic mass is 10.1. The van der Waals surface area contributed by atoms with E-state index in [9.17, 15) is 36.0 Å². The maximum absolute atomic E-state index is 12.9. The number of guanidine groups is 1. The summed E-state index contributed by atoms with van der Waals surface area (Å²) in [6.07, 6.45) is -5.53. The van der Waals surface area contributed by atoms with Crippen LogP contribution in [0.2, 0.25) is 10.0 Å². The number of oxime groups is 1. The first-order valence-corrected chi connectivity index (χ1v) is 12.3. The van der Waals surface area contributed by atoms with Crippen LogP contribution in [0.5, 0.6) is 0 Å². The Balaban J connectivity index is 2.43. The molecule has 0 spiro atoms. The molecule has 0 bridgehead atoms. The van der Waals surface area contributed by atoms with Gasteiger partial charge in [-0.05, 0) is 42.4 Å². The van der Waals surface area contributed by atoms with Gasteiger partial charge in [-0.25, -0.2) is 13.2 Å². The molecule has 1 unspecified atom stereocenters. The summed E-state index contributed by atoms with van der Waals surface area (Å²) in [4.78, 5) is 45.3. The van der Waals surface area contributed by atoms with E-state index >= 15 is 0 Å². The van der Waals surface area contributed by atoms with Crippen molar-refractivity contribution in [2.45, 2.75) is 23.9 Å². The van der Waals surface area contributed by atoms with Crippen LogP contribution in [0.4, 0.5) is 18.9 Å². The first-order valence-electron chi connectivity index (χ1n) is 10.1. The van der Waals surface area contributed by atoms with Gasteiger partial charge in [0, 0.05) is 10.0 Å². The second kappa shape index (κ2) is 12.2. The van der Waals surface area contributed by atoms with Gasteiger partial charge in [0.25, 0.3) is 10.0 Å². The highest BCUT2D eigenvalue weighted by Crippen LogP contribution is 2.24. The fraction of sp³-hybridized carbons (Fsp3) is 0.263. The molecule has 0 saturated carbocycles. The third-order valence-electron chi connectivity index (χ3n) is 4.37. The highest BCUT2D eigenvalue weighted by molar-refractivity contribution is 7.92. The van der Waals surface area contributed by atoms with Gasteiger partial charge in [-0.2, -0.15) is 13.2 Å². The number of carbonyl (C=O) groups is 2. The minimum absolute atomic E-state index is 0.0618. The lowest BCUT2D eigenvalue weighted by Crippen LogP contribution is -2.42. The summed E-state index contributed by atoms with van der Waals surface area (Å²) in [5, 5.41) is 5.43. The molecule has 1 amide bonds. The van der Waals surface area contributed by atoms with Crippen molar-refractivity contribution < 1.29 is 40.9 Å². The quantitative estimate of drug-likeness (QED) is 0.132. The first kappa shape index (κ1) is 30.5. The van der Waals surface area contributed by atoms with Crippen LogP contribution in [0.25, 0.3) is 0 Å². The van der Waals surface area contributed by atoms with Crippen LogP contribution in [-0.4, -0.2) is 50.3 Å². The molecule has 1 atom stereocenters. The number of hydrogen-bond acceptors (Lipinski definition) is 8. The van der Waals surface area contributed by atoms with Crippen molar-refractivity contribution >= 4 is 56.7 Å². The number of rotatable bonds is 10. The third kappa shape index (κ3) is 8.15. The van der Waals surface area contributed by atoms with Crippen molar-refractivity contribution in [3.8, 4) is 0 Å². The maximum Gasteiger partial charge on any atom is 0.493 e. The van der Waals surface area contributed by atoms with E-state index in [2.05, 4.69) is 20.1 Å². The molecule has 1 heterocycles. The summed E-state index contributed by atoms with van der Waals surface area (Å²) in [5.41, 5.74) is 7.25. The Morgan fingerprint density at radius 3 is 2.32 bits per heavy atom. The number of aromatic nitrogens is 1. The summed E-state index contributed by atoms with van der Waals surface area (Å²) >= 11 is 11.6. The van der Waals surface area contributed by atoms with Crippen molar-refractivity contribution in [2.75, 3.05) is 17.9 Å². The highest BCUT2D eigenvalue weighted by atomic mass is 35.5. The minimum Gasteiger partial charge on any atom is -0.391 e. The van der Waals surface area contributed by atoms with Crippen LogP contribution in [0.1, 0.15) is 18.5 Å². The van der Waals surface area contributed by atoms with Crippen LogP contribution < -0.4 is 31.9 Å². The van der Waals surface area contributed by atoms with Gasteiger partial charge >= 0.3 is 17.7 Å². The lowest BCUT2D eigenvalue weighted by Gasteiger charge is -2.19. The van der Waals surface area contributed by atoms with Gasteiger partial charge in [-0.3, -0.25) is 14.3 Å². The Morgan fingerprint density at radius 1 is 1.16 bits per heavy atom. The van der Waals surface area contributed by atoms with E-state index in [0.717, 1.165) is 24.3 Å². The summed E-state index contributed by atoms with van der Waals surface area (Å²) in [6, 6.07) is 5.00. The van der Waals surface area contributed by atoms with E-state index in [4.69, 9.17) is 34.7 Å². The van der Waals surface area contributed by atoms with Crippen LogP contribution in [-0.2, 0) is 24.4 Å². The third-order valence-corrected chi connectivity index (χ3v) is 6.15. The van der Waals surface area contributed by atoms with Crippen molar-refractivity contribution in [3.05, 3.63) is 56.4 Å². The molecule has 6 N–H and O–H groups in total. The fourth-order valence-corrected chi connectivity index (χ4v) is 4.46. The van der Waals surface area contributed by atoms with Gasteiger partial charge in [0.15, 0.2) is 0 Å². The number of nitrogens with zero attached hydrogens (tertiary/aromatic N) is 2. The van der Waals surface area contributed by atoms with E-state index in [1.165, 1.54) is 13.0 Å². The van der Waals surface area contributed by atoms with Crippen LogP contribution in [0.15, 0.2) is 45.2 Å². The number of alkyl halides is 3. The normalized spacial score (nSPS) is 12.3. The van der Waals surface area contributed by atoms with E-state index in [-0.39, 0.29) is 33.9 Å². The molecule has 38 heavy (non-hydrogen) atoms. The van der Waals surface area contributed by atoms with Gasteiger partial charge in [0.05, 0.1) is 23.1 Å². The Kier molecular flexibility index (Phi) is 9.82. The number of carbonyl (C=O) groups excluding carboxylic acids is 2. The number of nitrogens with one attached hydrogen (secondary N) is 2.